The normalized spacial score (nSPS) is 12.9. The van der Waals surface area contributed by atoms with Crippen LogP contribution in [0.2, 0.25) is 0 Å². The lowest BCUT2D eigenvalue weighted by molar-refractivity contribution is -0.143. The third-order valence-corrected chi connectivity index (χ3v) is 4.32. The van der Waals surface area contributed by atoms with Gasteiger partial charge in [-0.15, -0.1) is 5.10 Å². The molecule has 128 valence electrons. The number of nitrogens with zero attached hydrogens (tertiary/aromatic N) is 5. The molecule has 2 heterocycles. The monoisotopic (exact) mass is 352 g/mol. The summed E-state index contributed by atoms with van der Waals surface area (Å²) in [6.45, 7) is 3.51. The Kier molecular flexibility index (Phi) is 4.13. The van der Waals surface area contributed by atoms with Crippen molar-refractivity contribution in [2.24, 2.45) is 14.1 Å². The second-order valence-electron chi connectivity index (χ2n) is 5.22. The molecule has 1 N–H and O–H groups in total. The summed E-state index contributed by atoms with van der Waals surface area (Å²) in [7, 11) is -1.87. The van der Waals surface area contributed by atoms with Crippen LogP contribution in [0.1, 0.15) is 31.2 Å². The van der Waals surface area contributed by atoms with Crippen LogP contribution in [0.4, 0.5) is 19.0 Å². The van der Waals surface area contributed by atoms with Gasteiger partial charge in [0, 0.05) is 26.2 Å². The molecule has 0 saturated carbocycles. The summed E-state index contributed by atoms with van der Waals surface area (Å²) in [6.07, 6.45) is -4.10. The highest BCUT2D eigenvalue weighted by molar-refractivity contribution is 7.92. The van der Waals surface area contributed by atoms with Crippen molar-refractivity contribution in [1.82, 2.24) is 24.8 Å². The number of nitrogens with one attached hydrogen (secondary N) is 1. The summed E-state index contributed by atoms with van der Waals surface area (Å²) in [5.74, 6) is -0.158. The molecular formula is C11H15F3N6O2S. The Morgan fingerprint density at radius 3 is 2.39 bits per heavy atom. The minimum absolute atomic E-state index is 0.0111. The molecule has 0 aliphatic carbocycles. The minimum Gasteiger partial charge on any atom is -0.274 e. The smallest absolute Gasteiger partial charge is 0.274 e. The fourth-order valence-electron chi connectivity index (χ4n) is 1.92. The maximum absolute atomic E-state index is 13.0. The van der Waals surface area contributed by atoms with Crippen molar-refractivity contribution in [3.8, 4) is 0 Å². The van der Waals surface area contributed by atoms with E-state index in [4.69, 9.17) is 0 Å². The van der Waals surface area contributed by atoms with Gasteiger partial charge in [-0.1, -0.05) is 19.1 Å². The number of hydrogen-bond donors (Lipinski definition) is 1. The molecule has 23 heavy (non-hydrogen) atoms. The van der Waals surface area contributed by atoms with E-state index in [1.54, 1.807) is 13.8 Å². The van der Waals surface area contributed by atoms with E-state index in [1.807, 2.05) is 0 Å². The topological polar surface area (TPSA) is 94.7 Å². The summed E-state index contributed by atoms with van der Waals surface area (Å²) in [5, 5.41) is 10.7. The molecule has 2 aromatic rings. The lowest BCUT2D eigenvalue weighted by Crippen LogP contribution is -2.20. The van der Waals surface area contributed by atoms with Crippen LogP contribution < -0.4 is 4.72 Å². The Morgan fingerprint density at radius 1 is 1.26 bits per heavy atom. The lowest BCUT2D eigenvalue weighted by Gasteiger charge is -2.11. The number of sulfonamides is 1. The molecule has 0 amide bonds. The number of alkyl halides is 3. The summed E-state index contributed by atoms with van der Waals surface area (Å²) in [4.78, 5) is -0.955. The molecule has 0 fully saturated rings. The van der Waals surface area contributed by atoms with Gasteiger partial charge in [-0.05, 0) is 0 Å². The Labute approximate surface area is 130 Å². The highest BCUT2D eigenvalue weighted by atomic mass is 32.2. The summed E-state index contributed by atoms with van der Waals surface area (Å²) >= 11 is 0. The van der Waals surface area contributed by atoms with Crippen LogP contribution in [0.25, 0.3) is 0 Å². The molecule has 0 unspecified atom stereocenters. The molecule has 0 spiro atoms. The van der Waals surface area contributed by atoms with E-state index in [2.05, 4.69) is 20.1 Å². The first kappa shape index (κ1) is 17.2. The van der Waals surface area contributed by atoms with Crippen molar-refractivity contribution >= 4 is 15.8 Å². The van der Waals surface area contributed by atoms with Crippen LogP contribution in [0.15, 0.2) is 11.1 Å². The standard InChI is InChI=1S/C11H15F3N6O2S/c1-6(2)8-10(20(4)18-15-8)17-23(21,22)7-5-19(3)16-9(7)11(12,13)14/h5-6,17H,1-4H3. The van der Waals surface area contributed by atoms with Crippen LogP contribution in [-0.2, 0) is 30.3 Å². The van der Waals surface area contributed by atoms with Gasteiger partial charge in [-0.25, -0.2) is 13.1 Å². The van der Waals surface area contributed by atoms with Crippen LogP contribution in [0, 0.1) is 0 Å². The average Bonchev–Trinajstić information content (AvgIpc) is 2.94. The van der Waals surface area contributed by atoms with Gasteiger partial charge < -0.3 is 0 Å². The van der Waals surface area contributed by atoms with Crippen molar-refractivity contribution in [2.45, 2.75) is 30.8 Å². The average molecular weight is 352 g/mol. The maximum Gasteiger partial charge on any atom is 0.436 e. The zero-order valence-electron chi connectivity index (χ0n) is 12.7. The Balaban J connectivity index is 2.52. The van der Waals surface area contributed by atoms with E-state index >= 15 is 0 Å². The second-order valence-corrected chi connectivity index (χ2v) is 6.87. The maximum atomic E-state index is 13.0. The number of rotatable bonds is 4. The van der Waals surface area contributed by atoms with Gasteiger partial charge in [0.2, 0.25) is 0 Å². The van der Waals surface area contributed by atoms with Gasteiger partial charge in [0.15, 0.2) is 11.5 Å². The largest absolute Gasteiger partial charge is 0.436 e. The molecule has 0 saturated heterocycles. The molecule has 0 radical (unpaired) electrons. The third-order valence-electron chi connectivity index (χ3n) is 2.98. The van der Waals surface area contributed by atoms with Gasteiger partial charge >= 0.3 is 6.18 Å². The van der Waals surface area contributed by atoms with Gasteiger partial charge in [0.05, 0.1) is 0 Å². The number of aromatic nitrogens is 5. The third kappa shape index (κ3) is 3.30. The van der Waals surface area contributed by atoms with Gasteiger partial charge in [0.25, 0.3) is 10.0 Å². The van der Waals surface area contributed by atoms with E-state index in [-0.39, 0.29) is 11.7 Å². The zero-order chi connectivity index (χ0) is 17.6. The Hall–Kier alpha value is -2.11. The fraction of sp³-hybridized carbons (Fsp3) is 0.545. The van der Waals surface area contributed by atoms with Crippen LogP contribution in [-0.4, -0.2) is 33.2 Å². The van der Waals surface area contributed by atoms with Crippen molar-refractivity contribution in [2.75, 3.05) is 4.72 Å². The molecule has 2 rings (SSSR count). The Morgan fingerprint density at radius 2 is 1.87 bits per heavy atom. The molecule has 12 heteroatoms. The number of halogens is 3. The molecule has 0 aromatic carbocycles. The van der Waals surface area contributed by atoms with Crippen molar-refractivity contribution < 1.29 is 21.6 Å². The fourth-order valence-corrected chi connectivity index (χ4v) is 3.23. The predicted octanol–water partition coefficient (Wildman–Crippen LogP) is 1.49. The van der Waals surface area contributed by atoms with Crippen molar-refractivity contribution in [1.29, 1.82) is 0 Å². The summed E-state index contributed by atoms with van der Waals surface area (Å²) < 4.78 is 67.7. The number of hydrogen-bond acceptors (Lipinski definition) is 5. The minimum atomic E-state index is -4.89. The van der Waals surface area contributed by atoms with E-state index < -0.39 is 26.8 Å². The molecule has 8 nitrogen and oxygen atoms in total. The SMILES string of the molecule is CC(C)c1nnn(C)c1NS(=O)(=O)c1cn(C)nc1C(F)(F)F. The van der Waals surface area contributed by atoms with E-state index in [9.17, 15) is 21.6 Å². The number of anilines is 1. The first-order valence-electron chi connectivity index (χ1n) is 6.46. The highest BCUT2D eigenvalue weighted by Crippen LogP contribution is 2.34. The first-order chi connectivity index (χ1) is 10.4. The molecule has 0 aliphatic heterocycles. The molecule has 0 bridgehead atoms. The van der Waals surface area contributed by atoms with Crippen LogP contribution in [0.5, 0.6) is 0 Å². The summed E-state index contributed by atoms with van der Waals surface area (Å²) in [6, 6.07) is 0. The molecule has 0 atom stereocenters. The zero-order valence-corrected chi connectivity index (χ0v) is 13.6. The molecular weight excluding hydrogens is 337 g/mol. The molecule has 2 aromatic heterocycles. The van der Waals surface area contributed by atoms with Crippen LogP contribution in [0.3, 0.4) is 0 Å². The summed E-state index contributed by atoms with van der Waals surface area (Å²) in [5.41, 5.74) is -1.15. The van der Waals surface area contributed by atoms with E-state index in [0.717, 1.165) is 15.6 Å². The van der Waals surface area contributed by atoms with E-state index in [0.29, 0.717) is 5.69 Å². The lowest BCUT2D eigenvalue weighted by atomic mass is 10.1. The van der Waals surface area contributed by atoms with Crippen molar-refractivity contribution in [3.05, 3.63) is 17.6 Å². The van der Waals surface area contributed by atoms with E-state index in [1.165, 1.54) is 14.1 Å². The predicted molar refractivity (Wildman–Crippen MR) is 74.1 cm³/mol. The highest BCUT2D eigenvalue weighted by Gasteiger charge is 2.41. The quantitative estimate of drug-likeness (QED) is 0.900. The first-order valence-corrected chi connectivity index (χ1v) is 7.95. The van der Waals surface area contributed by atoms with Gasteiger partial charge in [-0.3, -0.25) is 9.40 Å². The van der Waals surface area contributed by atoms with Gasteiger partial charge in [-0.2, -0.15) is 18.3 Å². The molecule has 0 aliphatic rings. The Bertz CT molecular complexity index is 821. The van der Waals surface area contributed by atoms with Crippen molar-refractivity contribution in [3.63, 3.8) is 0 Å². The van der Waals surface area contributed by atoms with Crippen LogP contribution >= 0.6 is 0 Å². The second kappa shape index (κ2) is 5.51. The van der Waals surface area contributed by atoms with Gasteiger partial charge in [0.1, 0.15) is 10.6 Å². The number of aryl methyl sites for hydroxylation is 2.